The quantitative estimate of drug-likeness (QED) is 0.806. The molecule has 0 radical (unpaired) electrons. The Morgan fingerprint density at radius 3 is 2.11 bits per heavy atom. The number of carboxylic acid groups (broad SMARTS) is 1. The molecule has 0 aromatic heterocycles. The topological polar surface area (TPSA) is 69.6 Å². The lowest BCUT2D eigenvalue weighted by Gasteiger charge is -2.38. The number of likely N-dealkylation sites (tertiary alicyclic amines) is 1. The lowest BCUT2D eigenvalue weighted by molar-refractivity contribution is -0.151. The van der Waals surface area contributed by atoms with Crippen LogP contribution in [0.2, 0.25) is 0 Å². The number of urea groups is 1. The van der Waals surface area contributed by atoms with Gasteiger partial charge in [-0.05, 0) is 32.1 Å². The molecule has 5 nitrogen and oxygen atoms in total. The Morgan fingerprint density at radius 1 is 1.21 bits per heavy atom. The van der Waals surface area contributed by atoms with E-state index in [2.05, 4.69) is 19.2 Å². The van der Waals surface area contributed by atoms with E-state index < -0.39 is 11.4 Å². The van der Waals surface area contributed by atoms with E-state index in [1.807, 2.05) is 6.92 Å². The van der Waals surface area contributed by atoms with Gasteiger partial charge in [-0.3, -0.25) is 4.79 Å². The van der Waals surface area contributed by atoms with Gasteiger partial charge in [0, 0.05) is 19.1 Å². The predicted octanol–water partition coefficient (Wildman–Crippen LogP) is 2.46. The number of rotatable bonds is 5. The van der Waals surface area contributed by atoms with E-state index in [-0.39, 0.29) is 12.1 Å². The molecule has 0 aliphatic carbocycles. The maximum atomic E-state index is 12.1. The SMILES string of the molecule is CCC(CC)NC(=O)N1CCC(CC)(C(=O)O)CC1. The van der Waals surface area contributed by atoms with Crippen LogP contribution in [0.4, 0.5) is 4.79 Å². The third kappa shape index (κ3) is 3.61. The third-order valence-corrected chi connectivity index (χ3v) is 4.45. The molecule has 0 saturated carbocycles. The molecular formula is C14H26N2O3. The van der Waals surface area contributed by atoms with Gasteiger partial charge in [-0.25, -0.2) is 4.79 Å². The zero-order valence-corrected chi connectivity index (χ0v) is 12.2. The molecular weight excluding hydrogens is 244 g/mol. The number of nitrogens with one attached hydrogen (secondary N) is 1. The first kappa shape index (κ1) is 15.8. The largest absolute Gasteiger partial charge is 0.481 e. The average Bonchev–Trinajstić information content (AvgIpc) is 2.44. The molecule has 1 aliphatic rings. The minimum atomic E-state index is -0.727. The van der Waals surface area contributed by atoms with Crippen LogP contribution in [-0.2, 0) is 4.79 Å². The number of hydrogen-bond donors (Lipinski definition) is 2. The van der Waals surface area contributed by atoms with Crippen molar-refractivity contribution in [3.05, 3.63) is 0 Å². The molecule has 0 unspecified atom stereocenters. The molecule has 1 saturated heterocycles. The standard InChI is InChI=1S/C14H26N2O3/c1-4-11(5-2)15-13(19)16-9-7-14(6-3,8-10-16)12(17)18/h11H,4-10H2,1-3H3,(H,15,19)(H,17,18). The highest BCUT2D eigenvalue weighted by molar-refractivity contribution is 5.77. The number of aliphatic carboxylic acids is 1. The molecule has 1 aliphatic heterocycles. The number of hydrogen-bond acceptors (Lipinski definition) is 2. The Balaban J connectivity index is 2.53. The smallest absolute Gasteiger partial charge is 0.317 e. The summed E-state index contributed by atoms with van der Waals surface area (Å²) in [4.78, 5) is 25.1. The molecule has 0 aromatic rings. The van der Waals surface area contributed by atoms with Crippen molar-refractivity contribution in [2.45, 2.75) is 58.9 Å². The van der Waals surface area contributed by atoms with E-state index in [0.29, 0.717) is 32.4 Å². The van der Waals surface area contributed by atoms with E-state index in [4.69, 9.17) is 0 Å². The van der Waals surface area contributed by atoms with Crippen molar-refractivity contribution in [1.29, 1.82) is 0 Å². The Labute approximate surface area is 115 Å². The molecule has 2 amide bonds. The predicted molar refractivity (Wildman–Crippen MR) is 74.1 cm³/mol. The summed E-state index contributed by atoms with van der Waals surface area (Å²) < 4.78 is 0. The van der Waals surface area contributed by atoms with Gasteiger partial charge in [0.15, 0.2) is 0 Å². The first-order chi connectivity index (χ1) is 8.99. The highest BCUT2D eigenvalue weighted by atomic mass is 16.4. The summed E-state index contributed by atoms with van der Waals surface area (Å²) in [5.74, 6) is -0.727. The molecule has 0 spiro atoms. The van der Waals surface area contributed by atoms with Gasteiger partial charge in [0.25, 0.3) is 0 Å². The number of piperidine rings is 1. The van der Waals surface area contributed by atoms with Crippen LogP contribution in [0, 0.1) is 5.41 Å². The number of carbonyl (C=O) groups excluding carboxylic acids is 1. The fourth-order valence-electron chi connectivity index (χ4n) is 2.62. The zero-order chi connectivity index (χ0) is 14.5. The van der Waals surface area contributed by atoms with Crippen molar-refractivity contribution >= 4 is 12.0 Å². The summed E-state index contributed by atoms with van der Waals surface area (Å²) >= 11 is 0. The van der Waals surface area contributed by atoms with Gasteiger partial charge in [-0.2, -0.15) is 0 Å². The Hall–Kier alpha value is -1.26. The third-order valence-electron chi connectivity index (χ3n) is 4.45. The van der Waals surface area contributed by atoms with Crippen LogP contribution >= 0.6 is 0 Å². The van der Waals surface area contributed by atoms with Gasteiger partial charge in [-0.1, -0.05) is 20.8 Å². The van der Waals surface area contributed by atoms with E-state index in [1.165, 1.54) is 0 Å². The van der Waals surface area contributed by atoms with Crippen molar-refractivity contribution in [2.75, 3.05) is 13.1 Å². The highest BCUT2D eigenvalue weighted by Crippen LogP contribution is 2.35. The van der Waals surface area contributed by atoms with E-state index in [9.17, 15) is 14.7 Å². The average molecular weight is 270 g/mol. The van der Waals surface area contributed by atoms with Crippen LogP contribution < -0.4 is 5.32 Å². The summed E-state index contributed by atoms with van der Waals surface area (Å²) in [5.41, 5.74) is -0.633. The van der Waals surface area contributed by atoms with Crippen molar-refractivity contribution in [3.63, 3.8) is 0 Å². The molecule has 1 fully saturated rings. The molecule has 0 bridgehead atoms. The molecule has 0 aromatic carbocycles. The molecule has 110 valence electrons. The van der Waals surface area contributed by atoms with Crippen LogP contribution in [-0.4, -0.2) is 41.1 Å². The minimum Gasteiger partial charge on any atom is -0.481 e. The lowest BCUT2D eigenvalue weighted by atomic mass is 9.76. The van der Waals surface area contributed by atoms with E-state index in [0.717, 1.165) is 12.8 Å². The van der Waals surface area contributed by atoms with E-state index in [1.54, 1.807) is 4.90 Å². The normalized spacial score (nSPS) is 18.4. The van der Waals surface area contributed by atoms with Gasteiger partial charge in [-0.15, -0.1) is 0 Å². The second kappa shape index (κ2) is 6.78. The first-order valence-electron chi connectivity index (χ1n) is 7.28. The molecule has 0 atom stereocenters. The molecule has 19 heavy (non-hydrogen) atoms. The van der Waals surface area contributed by atoms with Crippen molar-refractivity contribution in [1.82, 2.24) is 10.2 Å². The second-order valence-corrected chi connectivity index (χ2v) is 5.39. The van der Waals surface area contributed by atoms with E-state index >= 15 is 0 Å². The summed E-state index contributed by atoms with van der Waals surface area (Å²) in [6.07, 6.45) is 3.57. The van der Waals surface area contributed by atoms with Gasteiger partial charge >= 0.3 is 12.0 Å². The molecule has 1 heterocycles. The monoisotopic (exact) mass is 270 g/mol. The molecule has 2 N–H and O–H groups in total. The second-order valence-electron chi connectivity index (χ2n) is 5.39. The fraction of sp³-hybridized carbons (Fsp3) is 0.857. The van der Waals surface area contributed by atoms with Crippen LogP contribution in [0.5, 0.6) is 0 Å². The molecule has 1 rings (SSSR count). The van der Waals surface area contributed by atoms with Crippen LogP contribution in [0.1, 0.15) is 52.9 Å². The summed E-state index contributed by atoms with van der Waals surface area (Å²) in [6.45, 7) is 7.08. The maximum Gasteiger partial charge on any atom is 0.317 e. The Morgan fingerprint density at radius 2 is 1.74 bits per heavy atom. The maximum absolute atomic E-state index is 12.1. The van der Waals surface area contributed by atoms with Gasteiger partial charge in [0.2, 0.25) is 0 Å². The van der Waals surface area contributed by atoms with Crippen LogP contribution in [0.25, 0.3) is 0 Å². The summed E-state index contributed by atoms with van der Waals surface area (Å²) in [7, 11) is 0. The minimum absolute atomic E-state index is 0.0520. The highest BCUT2D eigenvalue weighted by Gasteiger charge is 2.40. The Kier molecular flexibility index (Phi) is 5.63. The zero-order valence-electron chi connectivity index (χ0n) is 12.2. The van der Waals surface area contributed by atoms with Crippen molar-refractivity contribution in [3.8, 4) is 0 Å². The summed E-state index contributed by atoms with van der Waals surface area (Å²) in [6, 6.07) is 0.161. The Bertz CT molecular complexity index is 319. The van der Waals surface area contributed by atoms with Crippen molar-refractivity contribution < 1.29 is 14.7 Å². The fourth-order valence-corrected chi connectivity index (χ4v) is 2.62. The van der Waals surface area contributed by atoms with Gasteiger partial charge in [0.1, 0.15) is 0 Å². The lowest BCUT2D eigenvalue weighted by Crippen LogP contribution is -2.51. The van der Waals surface area contributed by atoms with Gasteiger partial charge in [0.05, 0.1) is 5.41 Å². The molecule has 5 heteroatoms. The number of amides is 2. The number of carbonyl (C=O) groups is 2. The first-order valence-corrected chi connectivity index (χ1v) is 7.28. The van der Waals surface area contributed by atoms with Crippen molar-refractivity contribution in [2.24, 2.45) is 5.41 Å². The van der Waals surface area contributed by atoms with Gasteiger partial charge < -0.3 is 15.3 Å². The number of nitrogens with zero attached hydrogens (tertiary/aromatic N) is 1. The van der Waals surface area contributed by atoms with Crippen LogP contribution in [0.3, 0.4) is 0 Å². The van der Waals surface area contributed by atoms with Crippen LogP contribution in [0.15, 0.2) is 0 Å². The number of carboxylic acids is 1. The summed E-state index contributed by atoms with van der Waals surface area (Å²) in [5, 5.41) is 12.3.